The van der Waals surface area contributed by atoms with Crippen LogP contribution < -0.4 is 32.3 Å². The molecule has 0 unspecified atom stereocenters. The minimum Gasteiger partial charge on any atom is -0.481 e. The second-order valence-electron chi connectivity index (χ2n) is 12.1. The van der Waals surface area contributed by atoms with Crippen LogP contribution in [0.4, 0.5) is 0 Å². The van der Waals surface area contributed by atoms with Crippen LogP contribution in [0.2, 0.25) is 0 Å². The summed E-state index contributed by atoms with van der Waals surface area (Å²) in [6.45, 7) is 12.8. The van der Waals surface area contributed by atoms with Crippen LogP contribution in [0.15, 0.2) is 0 Å². The van der Waals surface area contributed by atoms with Gasteiger partial charge in [0.15, 0.2) is 0 Å². The average Bonchev–Trinajstić information content (AvgIpc) is 2.92. The van der Waals surface area contributed by atoms with E-state index in [4.69, 9.17) is 10.8 Å². The van der Waals surface area contributed by atoms with Crippen molar-refractivity contribution < 1.29 is 43.8 Å². The Morgan fingerprint density at radius 2 is 1.33 bits per heavy atom. The van der Waals surface area contributed by atoms with E-state index in [2.05, 4.69) is 26.6 Å². The van der Waals surface area contributed by atoms with Crippen molar-refractivity contribution in [3.8, 4) is 0 Å². The lowest BCUT2D eigenvalue weighted by Crippen LogP contribution is -2.58. The third-order valence-electron chi connectivity index (χ3n) is 7.17. The van der Waals surface area contributed by atoms with E-state index in [0.29, 0.717) is 13.0 Å². The van der Waals surface area contributed by atoms with Gasteiger partial charge in [-0.25, -0.2) is 0 Å². The maximum Gasteiger partial charge on any atom is 0.303 e. The Morgan fingerprint density at radius 3 is 1.82 bits per heavy atom. The molecule has 0 rings (SSSR count). The summed E-state index contributed by atoms with van der Waals surface area (Å²) in [5.74, 6) is -5.68. The number of carbonyl (C=O) groups is 7. The summed E-state index contributed by atoms with van der Waals surface area (Å²) in [7, 11) is 0. The van der Waals surface area contributed by atoms with Crippen molar-refractivity contribution in [2.75, 3.05) is 6.54 Å². The van der Waals surface area contributed by atoms with Crippen molar-refractivity contribution in [2.45, 2.75) is 124 Å². The summed E-state index contributed by atoms with van der Waals surface area (Å²) in [4.78, 5) is 86.8. The first-order valence-electron chi connectivity index (χ1n) is 15.6. The van der Waals surface area contributed by atoms with E-state index in [1.54, 1.807) is 34.6 Å². The number of nitrogens with two attached hydrogens (primary N) is 1. The molecule has 0 fully saturated rings. The Kier molecular flexibility index (Phi) is 19.3. The van der Waals surface area contributed by atoms with Crippen molar-refractivity contribution in [2.24, 2.45) is 23.5 Å². The van der Waals surface area contributed by atoms with Crippen molar-refractivity contribution in [1.82, 2.24) is 26.6 Å². The van der Waals surface area contributed by atoms with Gasteiger partial charge in [0.25, 0.3) is 0 Å². The SMILES string of the molecule is CCNC(=O)[C@@H](NC(=O)C[C@H](O)[C@H](CC(C)C)NC(=O)[C@H](CC(N)=O)NC(=O)[C@@H](NC(=O)CCCC(=O)O)[C@@H](C)CC)C(C)C. The third kappa shape index (κ3) is 16.8. The first kappa shape index (κ1) is 41.2. The van der Waals surface area contributed by atoms with Gasteiger partial charge in [-0.3, -0.25) is 33.6 Å². The van der Waals surface area contributed by atoms with E-state index in [0.717, 1.165) is 0 Å². The maximum absolute atomic E-state index is 13.4. The largest absolute Gasteiger partial charge is 0.481 e. The molecule has 0 radical (unpaired) electrons. The Balaban J connectivity index is 5.79. The van der Waals surface area contributed by atoms with Crippen molar-refractivity contribution in [1.29, 1.82) is 0 Å². The number of likely N-dealkylation sites (N-methyl/N-ethyl adjacent to an activating group) is 1. The van der Waals surface area contributed by atoms with E-state index in [9.17, 15) is 38.7 Å². The second-order valence-corrected chi connectivity index (χ2v) is 12.1. The maximum atomic E-state index is 13.4. The van der Waals surface area contributed by atoms with Gasteiger partial charge in [-0.2, -0.15) is 0 Å². The fraction of sp³-hybridized carbons (Fsp3) is 0.767. The smallest absolute Gasteiger partial charge is 0.303 e. The van der Waals surface area contributed by atoms with Gasteiger partial charge in [0.2, 0.25) is 35.4 Å². The molecule has 0 aromatic heterocycles. The molecule has 0 aromatic carbocycles. The quantitative estimate of drug-likeness (QED) is 0.0771. The number of aliphatic carboxylic acids is 1. The molecule has 0 aliphatic heterocycles. The summed E-state index contributed by atoms with van der Waals surface area (Å²) in [5, 5.41) is 32.7. The van der Waals surface area contributed by atoms with E-state index in [1.807, 2.05) is 13.8 Å². The third-order valence-corrected chi connectivity index (χ3v) is 7.17. The molecule has 258 valence electrons. The lowest BCUT2D eigenvalue weighted by molar-refractivity contribution is -0.137. The van der Waals surface area contributed by atoms with Gasteiger partial charge in [0, 0.05) is 19.4 Å². The minimum atomic E-state index is -1.45. The monoisotopic (exact) mass is 642 g/mol. The van der Waals surface area contributed by atoms with Gasteiger partial charge in [-0.05, 0) is 37.5 Å². The standard InChI is InChI=1S/C30H54N6O9/c1-8-18(7)27(35-23(39)11-10-12-25(41)42)30(45)34-20(14-22(31)38)28(43)33-19(13-16(3)4)21(37)15-24(40)36-26(17(5)6)29(44)32-9-2/h16-21,26-27,37H,8-15H2,1-7H3,(H2,31,38)(H,32,44)(H,33,43)(H,34,45)(H,35,39)(H,36,40)(H,41,42)/t18-,19-,20-,21-,26-,27-/m0/s1. The first-order valence-corrected chi connectivity index (χ1v) is 15.6. The molecule has 15 nitrogen and oxygen atoms in total. The highest BCUT2D eigenvalue weighted by Gasteiger charge is 2.33. The molecule has 9 N–H and O–H groups in total. The number of hydrogen-bond acceptors (Lipinski definition) is 8. The van der Waals surface area contributed by atoms with Gasteiger partial charge in [0.05, 0.1) is 25.0 Å². The van der Waals surface area contributed by atoms with Gasteiger partial charge in [-0.1, -0.05) is 48.0 Å². The number of primary amides is 1. The highest BCUT2D eigenvalue weighted by atomic mass is 16.4. The number of carbonyl (C=O) groups excluding carboxylic acids is 6. The molecule has 15 heteroatoms. The van der Waals surface area contributed by atoms with Crippen LogP contribution in [0.1, 0.15) is 93.4 Å². The van der Waals surface area contributed by atoms with Crippen LogP contribution in [0.3, 0.4) is 0 Å². The predicted molar refractivity (Wildman–Crippen MR) is 166 cm³/mol. The molecule has 0 saturated carbocycles. The zero-order valence-electron chi connectivity index (χ0n) is 27.6. The van der Waals surface area contributed by atoms with Crippen LogP contribution in [0, 0.1) is 17.8 Å². The van der Waals surface area contributed by atoms with E-state index in [1.165, 1.54) is 0 Å². The van der Waals surface area contributed by atoms with Crippen molar-refractivity contribution in [3.63, 3.8) is 0 Å². The molecule has 6 atom stereocenters. The molecule has 0 spiro atoms. The number of carboxylic acids is 1. The Bertz CT molecular complexity index is 1020. The molecular weight excluding hydrogens is 588 g/mol. The van der Waals surface area contributed by atoms with Crippen molar-refractivity contribution >= 4 is 41.4 Å². The number of rotatable bonds is 22. The average molecular weight is 643 g/mol. The van der Waals surface area contributed by atoms with E-state index < -0.39 is 78.6 Å². The molecule has 0 aliphatic carbocycles. The molecule has 45 heavy (non-hydrogen) atoms. The first-order chi connectivity index (χ1) is 20.9. The number of carboxylic acid groups (broad SMARTS) is 1. The van der Waals surface area contributed by atoms with Gasteiger partial charge < -0.3 is 42.5 Å². The Hall–Kier alpha value is -3.75. The fourth-order valence-electron chi connectivity index (χ4n) is 4.51. The highest BCUT2D eigenvalue weighted by Crippen LogP contribution is 2.14. The van der Waals surface area contributed by atoms with Crippen LogP contribution in [0.25, 0.3) is 0 Å². The molecule has 0 aromatic rings. The molecule has 6 amide bonds. The van der Waals surface area contributed by atoms with E-state index >= 15 is 0 Å². The molecule has 0 heterocycles. The number of aliphatic hydroxyl groups excluding tert-OH is 1. The summed E-state index contributed by atoms with van der Waals surface area (Å²) in [6, 6.07) is -4.33. The van der Waals surface area contributed by atoms with Crippen LogP contribution >= 0.6 is 0 Å². The predicted octanol–water partition coefficient (Wildman–Crippen LogP) is -0.309. The zero-order valence-corrected chi connectivity index (χ0v) is 27.6. The summed E-state index contributed by atoms with van der Waals surface area (Å²) < 4.78 is 0. The van der Waals surface area contributed by atoms with Gasteiger partial charge in [-0.15, -0.1) is 0 Å². The lowest BCUT2D eigenvalue weighted by Gasteiger charge is -2.30. The topological polar surface area (TPSA) is 246 Å². The number of aliphatic hydroxyl groups is 1. The fourth-order valence-corrected chi connectivity index (χ4v) is 4.51. The summed E-state index contributed by atoms with van der Waals surface area (Å²) >= 11 is 0. The van der Waals surface area contributed by atoms with Crippen LogP contribution in [-0.2, 0) is 33.6 Å². The zero-order chi connectivity index (χ0) is 34.9. The second kappa shape index (κ2) is 21.1. The number of hydrogen-bond donors (Lipinski definition) is 8. The normalized spacial score (nSPS) is 15.2. The lowest BCUT2D eigenvalue weighted by atomic mass is 9.95. The molecule has 0 aliphatic rings. The molecule has 0 saturated heterocycles. The Labute approximate surface area is 265 Å². The van der Waals surface area contributed by atoms with Crippen LogP contribution in [0.5, 0.6) is 0 Å². The Morgan fingerprint density at radius 1 is 0.733 bits per heavy atom. The minimum absolute atomic E-state index is 0.0398. The molecule has 0 bridgehead atoms. The van der Waals surface area contributed by atoms with Crippen molar-refractivity contribution in [3.05, 3.63) is 0 Å². The summed E-state index contributed by atoms with van der Waals surface area (Å²) in [5.41, 5.74) is 5.36. The number of amides is 6. The van der Waals surface area contributed by atoms with Gasteiger partial charge in [0.1, 0.15) is 18.1 Å². The summed E-state index contributed by atoms with van der Waals surface area (Å²) in [6.07, 6.45) is -1.94. The van der Waals surface area contributed by atoms with Crippen LogP contribution in [-0.4, -0.2) is 88.4 Å². The van der Waals surface area contributed by atoms with E-state index in [-0.39, 0.29) is 49.3 Å². The highest BCUT2D eigenvalue weighted by molar-refractivity contribution is 5.94. The molecular formula is C30H54N6O9. The number of nitrogens with one attached hydrogen (secondary N) is 5. The van der Waals surface area contributed by atoms with Gasteiger partial charge >= 0.3 is 5.97 Å².